The lowest BCUT2D eigenvalue weighted by molar-refractivity contribution is -0.139. The lowest BCUT2D eigenvalue weighted by Crippen LogP contribution is -2.60. The molecule has 1 saturated heterocycles. The second kappa shape index (κ2) is 11.3. The summed E-state index contributed by atoms with van der Waals surface area (Å²) in [7, 11) is 0. The van der Waals surface area contributed by atoms with Gasteiger partial charge in [0.1, 0.15) is 11.2 Å². The van der Waals surface area contributed by atoms with E-state index in [0.29, 0.717) is 13.1 Å². The third-order valence-corrected chi connectivity index (χ3v) is 5.30. The lowest BCUT2D eigenvalue weighted by atomic mass is 10.1. The Morgan fingerprint density at radius 1 is 1.20 bits per heavy atom. The molecular weight excluding hydrogens is 471 g/mol. The molecule has 3 atom stereocenters. The van der Waals surface area contributed by atoms with Crippen LogP contribution in [0.2, 0.25) is 0 Å². The zero-order chi connectivity index (χ0) is 26.6. The van der Waals surface area contributed by atoms with Gasteiger partial charge in [-0.25, -0.2) is 9.89 Å². The van der Waals surface area contributed by atoms with Gasteiger partial charge in [-0.1, -0.05) is 0 Å². The molecule has 198 valence electrons. The van der Waals surface area contributed by atoms with Gasteiger partial charge in [0, 0.05) is 31.2 Å². The van der Waals surface area contributed by atoms with Gasteiger partial charge >= 0.3 is 12.3 Å². The summed E-state index contributed by atoms with van der Waals surface area (Å²) in [5.74, 6) is -0.146. The molecule has 0 aliphatic carbocycles. The van der Waals surface area contributed by atoms with Gasteiger partial charge in [-0.2, -0.15) is 18.3 Å². The highest BCUT2D eigenvalue weighted by atomic mass is 19.4. The highest BCUT2D eigenvalue weighted by Crippen LogP contribution is 2.31. The largest absolute Gasteiger partial charge is 0.444 e. The standard InChI is InChI=1S/C22H34F3N5O5/c1-13(27-16-9-26-28-19(32)18(16)22(23,24)25)12-34-8-7-17(31)29-10-15(3)30(11-14(29)2)20(33)35-21(4,5)6/h9,13-15H,7-8,10-12H2,1-6H3,(H2,27,28,32)/t13?,14-,15+/m0/s1. The first-order valence-electron chi connectivity index (χ1n) is 11.4. The molecule has 0 aromatic carbocycles. The lowest BCUT2D eigenvalue weighted by Gasteiger charge is -2.44. The molecule has 2 amide bonds. The normalized spacial score (nSPS) is 19.9. The smallest absolute Gasteiger partial charge is 0.423 e. The van der Waals surface area contributed by atoms with Gasteiger partial charge in [0.05, 0.1) is 31.5 Å². The molecule has 0 saturated carbocycles. The van der Waals surface area contributed by atoms with E-state index in [1.807, 2.05) is 13.8 Å². The number of hydrogen-bond donors (Lipinski definition) is 2. The number of H-pyrrole nitrogens is 1. The number of aromatic amines is 1. The predicted molar refractivity (Wildman–Crippen MR) is 122 cm³/mol. The molecule has 1 unspecified atom stereocenters. The van der Waals surface area contributed by atoms with Crippen LogP contribution in [-0.2, 0) is 20.4 Å². The Morgan fingerprint density at radius 3 is 2.40 bits per heavy atom. The topological polar surface area (TPSA) is 117 Å². The quantitative estimate of drug-likeness (QED) is 0.548. The number of aromatic nitrogens is 2. The Morgan fingerprint density at radius 2 is 1.80 bits per heavy atom. The van der Waals surface area contributed by atoms with Crippen molar-refractivity contribution in [1.29, 1.82) is 0 Å². The van der Waals surface area contributed by atoms with Crippen LogP contribution >= 0.6 is 0 Å². The SMILES string of the molecule is CC(COCCC(=O)N1C[C@@H](C)N(C(=O)OC(C)(C)C)C[C@@H]1C)Nc1cn[nH]c(=O)c1C(F)(F)F. The highest BCUT2D eigenvalue weighted by Gasteiger charge is 2.38. The Balaban J connectivity index is 1.82. The molecule has 1 aromatic heterocycles. The molecular formula is C22H34F3N5O5. The van der Waals surface area contributed by atoms with Crippen LogP contribution in [0.1, 0.15) is 53.5 Å². The van der Waals surface area contributed by atoms with Crippen molar-refractivity contribution in [2.45, 2.75) is 77.9 Å². The minimum Gasteiger partial charge on any atom is -0.444 e. The molecule has 13 heteroatoms. The Labute approximate surface area is 202 Å². The van der Waals surface area contributed by atoms with Crippen molar-refractivity contribution in [3.8, 4) is 0 Å². The molecule has 1 aliphatic rings. The first-order chi connectivity index (χ1) is 16.1. The first-order valence-corrected chi connectivity index (χ1v) is 11.4. The molecule has 2 heterocycles. The number of anilines is 1. The van der Waals surface area contributed by atoms with E-state index in [4.69, 9.17) is 9.47 Å². The molecule has 35 heavy (non-hydrogen) atoms. The van der Waals surface area contributed by atoms with Crippen molar-refractivity contribution < 1.29 is 32.2 Å². The van der Waals surface area contributed by atoms with E-state index in [0.717, 1.165) is 6.20 Å². The average Bonchev–Trinajstić information content (AvgIpc) is 2.70. The fourth-order valence-electron chi connectivity index (χ4n) is 3.71. The maximum atomic E-state index is 13.1. The zero-order valence-corrected chi connectivity index (χ0v) is 20.9. The molecule has 1 aliphatic heterocycles. The minimum atomic E-state index is -4.84. The molecule has 2 rings (SSSR count). The summed E-state index contributed by atoms with van der Waals surface area (Å²) in [6.45, 7) is 11.4. The number of amides is 2. The third-order valence-electron chi connectivity index (χ3n) is 5.30. The van der Waals surface area contributed by atoms with Crippen molar-refractivity contribution in [1.82, 2.24) is 20.0 Å². The van der Waals surface area contributed by atoms with Crippen molar-refractivity contribution in [3.05, 3.63) is 22.1 Å². The van der Waals surface area contributed by atoms with Gasteiger partial charge in [0.2, 0.25) is 5.91 Å². The summed E-state index contributed by atoms with van der Waals surface area (Å²) in [6.07, 6.45) is -4.29. The number of halogens is 3. The molecule has 1 fully saturated rings. The van der Waals surface area contributed by atoms with Gasteiger partial charge in [-0.05, 0) is 41.5 Å². The van der Waals surface area contributed by atoms with Crippen LogP contribution in [0.15, 0.2) is 11.0 Å². The van der Waals surface area contributed by atoms with E-state index in [1.54, 1.807) is 42.6 Å². The minimum absolute atomic E-state index is 0.00968. The molecule has 2 N–H and O–H groups in total. The van der Waals surface area contributed by atoms with Crippen LogP contribution < -0.4 is 10.9 Å². The Hall–Kier alpha value is -2.83. The van der Waals surface area contributed by atoms with Crippen molar-refractivity contribution >= 4 is 17.7 Å². The number of carbonyl (C=O) groups excluding carboxylic acids is 2. The van der Waals surface area contributed by atoms with Crippen LogP contribution in [0.5, 0.6) is 0 Å². The average molecular weight is 506 g/mol. The maximum absolute atomic E-state index is 13.1. The summed E-state index contributed by atoms with van der Waals surface area (Å²) < 4.78 is 50.3. The number of nitrogens with zero attached hydrogens (tertiary/aromatic N) is 3. The maximum Gasteiger partial charge on any atom is 0.423 e. The van der Waals surface area contributed by atoms with Gasteiger partial charge in [0.15, 0.2) is 0 Å². The van der Waals surface area contributed by atoms with Crippen LogP contribution in [0.3, 0.4) is 0 Å². The molecule has 0 bridgehead atoms. The summed E-state index contributed by atoms with van der Waals surface area (Å²) in [5.41, 5.74) is -3.75. The van der Waals surface area contributed by atoms with Crippen LogP contribution in [0.4, 0.5) is 23.7 Å². The number of hydrogen-bond acceptors (Lipinski definition) is 7. The van der Waals surface area contributed by atoms with E-state index in [-0.39, 0.29) is 37.6 Å². The van der Waals surface area contributed by atoms with E-state index in [9.17, 15) is 27.6 Å². The molecule has 0 radical (unpaired) electrons. The molecule has 0 spiro atoms. The third kappa shape index (κ3) is 8.11. The summed E-state index contributed by atoms with van der Waals surface area (Å²) >= 11 is 0. The van der Waals surface area contributed by atoms with Crippen molar-refractivity contribution in [3.63, 3.8) is 0 Å². The van der Waals surface area contributed by atoms with Crippen LogP contribution in [0, 0.1) is 0 Å². The molecule has 10 nitrogen and oxygen atoms in total. The molecule has 1 aromatic rings. The fourth-order valence-corrected chi connectivity index (χ4v) is 3.71. The number of carbonyl (C=O) groups is 2. The Bertz CT molecular complexity index is 947. The van der Waals surface area contributed by atoms with Gasteiger partial charge < -0.3 is 24.6 Å². The van der Waals surface area contributed by atoms with Crippen molar-refractivity contribution in [2.24, 2.45) is 0 Å². The zero-order valence-electron chi connectivity index (χ0n) is 20.9. The van der Waals surface area contributed by atoms with E-state index in [1.165, 1.54) is 0 Å². The van der Waals surface area contributed by atoms with Crippen LogP contribution in [-0.4, -0.2) is 82.0 Å². The van der Waals surface area contributed by atoms with Crippen LogP contribution in [0.25, 0.3) is 0 Å². The summed E-state index contributed by atoms with van der Waals surface area (Å²) in [4.78, 5) is 40.0. The van der Waals surface area contributed by atoms with Gasteiger partial charge in [0.25, 0.3) is 5.56 Å². The number of piperazine rings is 1. The van der Waals surface area contributed by atoms with Gasteiger partial charge in [-0.3, -0.25) is 9.59 Å². The van der Waals surface area contributed by atoms with Crippen molar-refractivity contribution in [2.75, 3.05) is 31.6 Å². The summed E-state index contributed by atoms with van der Waals surface area (Å²) in [5, 5.41) is 7.76. The number of nitrogens with one attached hydrogen (secondary N) is 2. The van der Waals surface area contributed by atoms with Gasteiger partial charge in [-0.15, -0.1) is 0 Å². The monoisotopic (exact) mass is 505 g/mol. The first kappa shape index (κ1) is 28.4. The number of alkyl halides is 3. The second-order valence-corrected chi connectivity index (χ2v) is 9.73. The number of ether oxygens (including phenoxy) is 2. The van der Waals surface area contributed by atoms with E-state index >= 15 is 0 Å². The van der Waals surface area contributed by atoms with E-state index < -0.39 is 40.7 Å². The summed E-state index contributed by atoms with van der Waals surface area (Å²) in [6, 6.07) is -1.01. The predicted octanol–water partition coefficient (Wildman–Crippen LogP) is 2.85. The van der Waals surface area contributed by atoms with E-state index in [2.05, 4.69) is 10.4 Å². The Kier molecular flexibility index (Phi) is 9.15. The highest BCUT2D eigenvalue weighted by molar-refractivity contribution is 5.77. The second-order valence-electron chi connectivity index (χ2n) is 9.73. The fraction of sp³-hybridized carbons (Fsp3) is 0.727. The number of rotatable bonds is 7.